The number of aromatic nitrogens is 5. The summed E-state index contributed by atoms with van der Waals surface area (Å²) >= 11 is 5.08. The van der Waals surface area contributed by atoms with Crippen LogP contribution in [0.15, 0.2) is 52.3 Å². The minimum Gasteiger partial charge on any atom is -0.254 e. The van der Waals surface area contributed by atoms with Crippen molar-refractivity contribution in [3.63, 3.8) is 0 Å². The molecule has 0 spiro atoms. The molecular weight excluding hydrogens is 358 g/mol. The van der Waals surface area contributed by atoms with E-state index in [1.54, 1.807) is 34.4 Å². The second-order valence-corrected chi connectivity index (χ2v) is 7.92. The molecule has 118 valence electrons. The van der Waals surface area contributed by atoms with Gasteiger partial charge < -0.3 is 0 Å². The average Bonchev–Trinajstić information content (AvgIpc) is 3.36. The highest BCUT2D eigenvalue weighted by Gasteiger charge is 2.13. The van der Waals surface area contributed by atoms with Crippen LogP contribution in [0.3, 0.4) is 0 Å². The third-order valence-corrected chi connectivity index (χ3v) is 6.54. The molecule has 0 aliphatic rings. The molecule has 0 saturated heterocycles. The standard InChI is InChI=1S/C16H11N5S3/c1-2-5-12-11(4-1)18-15-19-20-16(21(12)15)24-9-10-8-23-14(17-10)13-6-3-7-22-13/h1-8H,9H2,(H,18,19). The fourth-order valence-electron chi connectivity index (χ4n) is 2.56. The Morgan fingerprint density at radius 2 is 2.04 bits per heavy atom. The lowest BCUT2D eigenvalue weighted by molar-refractivity contribution is 0.939. The van der Waals surface area contributed by atoms with Crippen molar-refractivity contribution < 1.29 is 0 Å². The first-order valence-electron chi connectivity index (χ1n) is 7.31. The number of hydrogen-bond donors (Lipinski definition) is 1. The van der Waals surface area contributed by atoms with E-state index in [4.69, 9.17) is 4.98 Å². The van der Waals surface area contributed by atoms with E-state index in [0.29, 0.717) is 0 Å². The number of hydrogen-bond acceptors (Lipinski definition) is 6. The fraction of sp³-hybridized carbons (Fsp3) is 0.0625. The smallest absolute Gasteiger partial charge is 0.231 e. The second kappa shape index (κ2) is 5.73. The van der Waals surface area contributed by atoms with Gasteiger partial charge in [-0.3, -0.25) is 4.40 Å². The molecule has 0 unspecified atom stereocenters. The highest BCUT2D eigenvalue weighted by molar-refractivity contribution is 7.98. The molecule has 0 saturated carbocycles. The number of thiazole rings is 1. The summed E-state index contributed by atoms with van der Waals surface area (Å²) in [5, 5.41) is 13.6. The molecule has 5 aromatic rings. The Kier molecular flexibility index (Phi) is 3.39. The van der Waals surface area contributed by atoms with Crippen molar-refractivity contribution in [1.29, 1.82) is 0 Å². The summed E-state index contributed by atoms with van der Waals surface area (Å²) in [6, 6.07) is 12.3. The van der Waals surface area contributed by atoms with Gasteiger partial charge in [0.15, 0.2) is 5.16 Å². The van der Waals surface area contributed by atoms with Crippen molar-refractivity contribution in [3.05, 3.63) is 52.9 Å². The molecule has 5 rings (SSSR count). The lowest BCUT2D eigenvalue weighted by atomic mass is 10.3. The van der Waals surface area contributed by atoms with Gasteiger partial charge in [-0.25, -0.2) is 15.1 Å². The fourth-order valence-corrected chi connectivity index (χ4v) is 5.15. The molecule has 0 amide bonds. The lowest BCUT2D eigenvalue weighted by Gasteiger charge is -1.97. The summed E-state index contributed by atoms with van der Waals surface area (Å²) in [5.74, 6) is 1.56. The van der Waals surface area contributed by atoms with Crippen LogP contribution in [0.25, 0.3) is 26.7 Å². The zero-order chi connectivity index (χ0) is 15.9. The highest BCUT2D eigenvalue weighted by atomic mass is 32.2. The van der Waals surface area contributed by atoms with Gasteiger partial charge in [-0.15, -0.1) is 27.8 Å². The van der Waals surface area contributed by atoms with Gasteiger partial charge in [-0.1, -0.05) is 30.0 Å². The summed E-state index contributed by atoms with van der Waals surface area (Å²) in [5.41, 5.74) is 3.12. The van der Waals surface area contributed by atoms with Crippen LogP contribution in [0.5, 0.6) is 0 Å². The Labute approximate surface area is 149 Å². The number of aromatic amines is 1. The van der Waals surface area contributed by atoms with Gasteiger partial charge in [0.2, 0.25) is 5.78 Å². The number of nitrogens with zero attached hydrogens (tertiary/aromatic N) is 4. The Hall–Kier alpha value is -2.16. The Morgan fingerprint density at radius 1 is 1.08 bits per heavy atom. The molecule has 0 fully saturated rings. The van der Waals surface area contributed by atoms with E-state index >= 15 is 0 Å². The van der Waals surface area contributed by atoms with Crippen molar-refractivity contribution in [1.82, 2.24) is 24.6 Å². The van der Waals surface area contributed by atoms with Crippen LogP contribution in [0.1, 0.15) is 5.69 Å². The van der Waals surface area contributed by atoms with Crippen molar-refractivity contribution in [2.75, 3.05) is 0 Å². The highest BCUT2D eigenvalue weighted by Crippen LogP contribution is 2.30. The van der Waals surface area contributed by atoms with Crippen LogP contribution in [0.4, 0.5) is 0 Å². The summed E-state index contributed by atoms with van der Waals surface area (Å²) in [6.45, 7) is 0. The van der Waals surface area contributed by atoms with Gasteiger partial charge >= 0.3 is 0 Å². The predicted molar refractivity (Wildman–Crippen MR) is 99.8 cm³/mol. The molecule has 0 aliphatic heterocycles. The number of benzene rings is 1. The lowest BCUT2D eigenvalue weighted by Crippen LogP contribution is -1.87. The number of H-pyrrole nitrogens is 1. The molecular formula is C16H11N5S3. The maximum Gasteiger partial charge on any atom is 0.231 e. The SMILES string of the molecule is c1csc(-c2nc(CSc3n[nH]c4nc5ccccc5n34)cs2)c1. The number of rotatable bonds is 4. The minimum absolute atomic E-state index is 0.774. The van der Waals surface area contributed by atoms with Crippen molar-refractivity contribution in [3.8, 4) is 9.88 Å². The van der Waals surface area contributed by atoms with E-state index in [9.17, 15) is 0 Å². The monoisotopic (exact) mass is 369 g/mol. The Morgan fingerprint density at radius 3 is 2.96 bits per heavy atom. The molecule has 4 heterocycles. The van der Waals surface area contributed by atoms with Gasteiger partial charge in [-0.2, -0.15) is 0 Å². The van der Waals surface area contributed by atoms with E-state index in [0.717, 1.165) is 38.4 Å². The number of para-hydroxylation sites is 2. The maximum absolute atomic E-state index is 4.73. The van der Waals surface area contributed by atoms with E-state index in [1.165, 1.54) is 4.88 Å². The predicted octanol–water partition coefficient (Wildman–Crippen LogP) is 4.69. The van der Waals surface area contributed by atoms with Crippen molar-refractivity contribution in [2.45, 2.75) is 10.9 Å². The van der Waals surface area contributed by atoms with E-state index in [1.807, 2.05) is 18.2 Å². The summed E-state index contributed by atoms with van der Waals surface area (Å²) in [6.07, 6.45) is 0. The first-order chi connectivity index (χ1) is 11.9. The Bertz CT molecular complexity index is 1120. The van der Waals surface area contributed by atoms with Crippen LogP contribution >= 0.6 is 34.4 Å². The second-order valence-electron chi connectivity index (χ2n) is 5.18. The zero-order valence-corrected chi connectivity index (χ0v) is 14.8. The molecule has 5 nitrogen and oxygen atoms in total. The maximum atomic E-state index is 4.73. The summed E-state index contributed by atoms with van der Waals surface area (Å²) in [4.78, 5) is 10.5. The van der Waals surface area contributed by atoms with Gasteiger partial charge in [0.1, 0.15) is 5.01 Å². The molecule has 24 heavy (non-hydrogen) atoms. The third kappa shape index (κ3) is 2.34. The number of thiophene rings is 1. The van der Waals surface area contributed by atoms with Gasteiger partial charge in [-0.05, 0) is 23.6 Å². The number of nitrogens with one attached hydrogen (secondary N) is 1. The molecule has 0 atom stereocenters. The molecule has 0 bridgehead atoms. The number of thioether (sulfide) groups is 1. The van der Waals surface area contributed by atoms with Crippen LogP contribution < -0.4 is 0 Å². The molecule has 8 heteroatoms. The number of imidazole rings is 1. The molecule has 4 aromatic heterocycles. The first-order valence-corrected chi connectivity index (χ1v) is 10.1. The topological polar surface area (TPSA) is 58.9 Å². The minimum atomic E-state index is 0.774. The molecule has 1 aromatic carbocycles. The van der Waals surface area contributed by atoms with E-state index in [-0.39, 0.29) is 0 Å². The van der Waals surface area contributed by atoms with Crippen LogP contribution in [-0.2, 0) is 5.75 Å². The van der Waals surface area contributed by atoms with E-state index < -0.39 is 0 Å². The third-order valence-electron chi connectivity index (χ3n) is 3.64. The number of fused-ring (bicyclic) bond motifs is 3. The molecule has 0 radical (unpaired) electrons. The normalized spacial score (nSPS) is 11.7. The van der Waals surface area contributed by atoms with Crippen molar-refractivity contribution >= 4 is 51.2 Å². The van der Waals surface area contributed by atoms with Gasteiger partial charge in [0.05, 0.1) is 21.6 Å². The zero-order valence-electron chi connectivity index (χ0n) is 12.3. The first kappa shape index (κ1) is 14.2. The summed E-state index contributed by atoms with van der Waals surface area (Å²) < 4.78 is 2.06. The summed E-state index contributed by atoms with van der Waals surface area (Å²) in [7, 11) is 0. The van der Waals surface area contributed by atoms with E-state index in [2.05, 4.69) is 48.5 Å². The molecule has 1 N–H and O–H groups in total. The van der Waals surface area contributed by atoms with Crippen LogP contribution in [0.2, 0.25) is 0 Å². The van der Waals surface area contributed by atoms with Gasteiger partial charge in [0, 0.05) is 11.1 Å². The largest absolute Gasteiger partial charge is 0.254 e. The Balaban J connectivity index is 1.43. The average molecular weight is 370 g/mol. The van der Waals surface area contributed by atoms with Gasteiger partial charge in [0.25, 0.3) is 0 Å². The van der Waals surface area contributed by atoms with Crippen LogP contribution in [-0.4, -0.2) is 24.6 Å². The van der Waals surface area contributed by atoms with Crippen LogP contribution in [0, 0.1) is 0 Å². The quantitative estimate of drug-likeness (QED) is 0.467. The molecule has 0 aliphatic carbocycles. The van der Waals surface area contributed by atoms with Crippen molar-refractivity contribution in [2.24, 2.45) is 0 Å².